The molecule has 0 saturated heterocycles. The molecule has 0 aliphatic rings. The molecule has 0 saturated carbocycles. The summed E-state index contributed by atoms with van der Waals surface area (Å²) in [5.74, 6) is 0. The lowest BCUT2D eigenvalue weighted by Crippen LogP contribution is -2.03. The zero-order valence-electron chi connectivity index (χ0n) is 10.3. The Morgan fingerprint density at radius 1 is 1.17 bits per heavy atom. The lowest BCUT2D eigenvalue weighted by molar-refractivity contribution is 0.941. The van der Waals surface area contributed by atoms with Gasteiger partial charge in [-0.2, -0.15) is 0 Å². The van der Waals surface area contributed by atoms with E-state index in [1.165, 1.54) is 20.9 Å². The Bertz CT molecular complexity index is 540. The minimum absolute atomic E-state index is 0.690. The van der Waals surface area contributed by atoms with Crippen molar-refractivity contribution in [3.05, 3.63) is 58.1 Å². The Morgan fingerprint density at radius 2 is 2.00 bits per heavy atom. The van der Waals surface area contributed by atoms with Crippen LogP contribution in [-0.2, 0) is 6.42 Å². The SMILES string of the molecule is Cc1ccc(Sc2cccc(Br)c2)c(CCN)c1. The van der Waals surface area contributed by atoms with Crippen LogP contribution in [0.1, 0.15) is 11.1 Å². The smallest absolute Gasteiger partial charge is 0.0186 e. The molecule has 94 valence electrons. The average molecular weight is 322 g/mol. The highest BCUT2D eigenvalue weighted by atomic mass is 79.9. The van der Waals surface area contributed by atoms with Crippen LogP contribution in [0.2, 0.25) is 0 Å². The topological polar surface area (TPSA) is 26.0 Å². The van der Waals surface area contributed by atoms with Gasteiger partial charge in [-0.3, -0.25) is 0 Å². The number of halogens is 1. The minimum Gasteiger partial charge on any atom is -0.330 e. The van der Waals surface area contributed by atoms with Gasteiger partial charge < -0.3 is 5.73 Å². The molecular weight excluding hydrogens is 306 g/mol. The summed E-state index contributed by atoms with van der Waals surface area (Å²) >= 11 is 5.29. The summed E-state index contributed by atoms with van der Waals surface area (Å²) < 4.78 is 1.11. The summed E-state index contributed by atoms with van der Waals surface area (Å²) in [5, 5.41) is 0. The van der Waals surface area contributed by atoms with Gasteiger partial charge in [-0.25, -0.2) is 0 Å². The first-order valence-electron chi connectivity index (χ1n) is 5.92. The molecule has 0 atom stereocenters. The highest BCUT2D eigenvalue weighted by Gasteiger charge is 2.05. The van der Waals surface area contributed by atoms with E-state index in [1.54, 1.807) is 11.8 Å². The van der Waals surface area contributed by atoms with E-state index in [4.69, 9.17) is 5.73 Å². The van der Waals surface area contributed by atoms with Gasteiger partial charge in [0, 0.05) is 14.3 Å². The second-order valence-electron chi connectivity index (χ2n) is 4.21. The third-order valence-corrected chi connectivity index (χ3v) is 4.25. The van der Waals surface area contributed by atoms with E-state index in [0.717, 1.165) is 10.9 Å². The standard InChI is InChI=1S/C15H16BrNS/c1-11-5-6-15(12(9-11)7-8-17)18-14-4-2-3-13(16)10-14/h2-6,9-10H,7-8,17H2,1H3. The first-order valence-corrected chi connectivity index (χ1v) is 7.53. The van der Waals surface area contributed by atoms with E-state index in [9.17, 15) is 0 Å². The average Bonchev–Trinajstić information content (AvgIpc) is 2.33. The van der Waals surface area contributed by atoms with Crippen LogP contribution in [0, 0.1) is 6.92 Å². The summed E-state index contributed by atoms with van der Waals surface area (Å²) in [6.07, 6.45) is 0.929. The van der Waals surface area contributed by atoms with Crippen LogP contribution in [0.15, 0.2) is 56.7 Å². The molecule has 2 aromatic rings. The van der Waals surface area contributed by atoms with Crippen LogP contribution < -0.4 is 5.73 Å². The number of aryl methyl sites for hydroxylation is 1. The number of rotatable bonds is 4. The first kappa shape index (κ1) is 13.7. The molecule has 2 N–H and O–H groups in total. The van der Waals surface area contributed by atoms with Crippen LogP contribution in [0.25, 0.3) is 0 Å². The lowest BCUT2D eigenvalue weighted by atomic mass is 10.1. The molecule has 0 fully saturated rings. The summed E-state index contributed by atoms with van der Waals surface area (Å²) in [4.78, 5) is 2.54. The van der Waals surface area contributed by atoms with E-state index in [0.29, 0.717) is 6.54 Å². The maximum absolute atomic E-state index is 5.68. The van der Waals surface area contributed by atoms with Gasteiger partial charge in [0.2, 0.25) is 0 Å². The minimum atomic E-state index is 0.690. The molecular formula is C15H16BrNS. The fraction of sp³-hybridized carbons (Fsp3) is 0.200. The van der Waals surface area contributed by atoms with Gasteiger partial charge in [0.15, 0.2) is 0 Å². The molecule has 0 aromatic heterocycles. The van der Waals surface area contributed by atoms with Crippen molar-refractivity contribution in [3.63, 3.8) is 0 Å². The second-order valence-corrected chi connectivity index (χ2v) is 6.24. The number of benzene rings is 2. The van der Waals surface area contributed by atoms with Crippen molar-refractivity contribution >= 4 is 27.7 Å². The van der Waals surface area contributed by atoms with Crippen LogP contribution in [0.4, 0.5) is 0 Å². The normalized spacial score (nSPS) is 10.6. The molecule has 0 aliphatic heterocycles. The van der Waals surface area contributed by atoms with E-state index < -0.39 is 0 Å². The summed E-state index contributed by atoms with van der Waals surface area (Å²) in [7, 11) is 0. The van der Waals surface area contributed by atoms with Crippen LogP contribution in [0.3, 0.4) is 0 Å². The second kappa shape index (κ2) is 6.41. The molecule has 18 heavy (non-hydrogen) atoms. The third-order valence-electron chi connectivity index (χ3n) is 2.65. The quantitative estimate of drug-likeness (QED) is 0.902. The van der Waals surface area contributed by atoms with Gasteiger partial charge >= 0.3 is 0 Å². The molecule has 0 heterocycles. The van der Waals surface area contributed by atoms with Crippen molar-refractivity contribution in [3.8, 4) is 0 Å². The zero-order valence-corrected chi connectivity index (χ0v) is 12.7. The first-order chi connectivity index (χ1) is 8.69. The Balaban J connectivity index is 2.28. The van der Waals surface area contributed by atoms with E-state index in [2.05, 4.69) is 59.3 Å². The molecule has 0 spiro atoms. The highest BCUT2D eigenvalue weighted by Crippen LogP contribution is 2.32. The fourth-order valence-electron chi connectivity index (χ4n) is 1.82. The van der Waals surface area contributed by atoms with Crippen molar-refractivity contribution in [1.82, 2.24) is 0 Å². The molecule has 2 rings (SSSR count). The van der Waals surface area contributed by atoms with Crippen LogP contribution in [-0.4, -0.2) is 6.54 Å². The predicted molar refractivity (Wildman–Crippen MR) is 82.2 cm³/mol. The van der Waals surface area contributed by atoms with Crippen molar-refractivity contribution in [2.75, 3.05) is 6.54 Å². The largest absolute Gasteiger partial charge is 0.330 e. The van der Waals surface area contributed by atoms with E-state index in [-0.39, 0.29) is 0 Å². The van der Waals surface area contributed by atoms with Gasteiger partial charge in [0.25, 0.3) is 0 Å². The molecule has 3 heteroatoms. The molecule has 0 unspecified atom stereocenters. The van der Waals surface area contributed by atoms with E-state index in [1.807, 2.05) is 6.07 Å². The Kier molecular flexibility index (Phi) is 4.87. The number of hydrogen-bond donors (Lipinski definition) is 1. The van der Waals surface area contributed by atoms with Gasteiger partial charge in [0.05, 0.1) is 0 Å². The lowest BCUT2D eigenvalue weighted by Gasteiger charge is -2.09. The van der Waals surface area contributed by atoms with Crippen LogP contribution >= 0.6 is 27.7 Å². The third kappa shape index (κ3) is 3.61. The van der Waals surface area contributed by atoms with Crippen molar-refractivity contribution in [2.45, 2.75) is 23.1 Å². The summed E-state index contributed by atoms with van der Waals surface area (Å²) in [6.45, 7) is 2.81. The van der Waals surface area contributed by atoms with Crippen molar-refractivity contribution < 1.29 is 0 Å². The van der Waals surface area contributed by atoms with Gasteiger partial charge in [-0.1, -0.05) is 51.5 Å². The monoisotopic (exact) mass is 321 g/mol. The molecule has 1 nitrogen and oxygen atoms in total. The van der Waals surface area contributed by atoms with Gasteiger partial charge in [-0.15, -0.1) is 0 Å². The fourth-order valence-corrected chi connectivity index (χ4v) is 3.38. The molecule has 0 amide bonds. The Labute approximate surface area is 121 Å². The molecule has 0 aliphatic carbocycles. The Hall–Kier alpha value is -0.770. The predicted octanol–water partition coefficient (Wildman–Crippen LogP) is 4.41. The van der Waals surface area contributed by atoms with Crippen molar-refractivity contribution in [2.24, 2.45) is 5.73 Å². The summed E-state index contributed by atoms with van der Waals surface area (Å²) in [5.41, 5.74) is 8.30. The van der Waals surface area contributed by atoms with Crippen LogP contribution in [0.5, 0.6) is 0 Å². The maximum atomic E-state index is 5.68. The number of hydrogen-bond acceptors (Lipinski definition) is 2. The summed E-state index contributed by atoms with van der Waals surface area (Å²) in [6, 6.07) is 14.9. The molecule has 0 bridgehead atoms. The maximum Gasteiger partial charge on any atom is 0.0186 e. The Morgan fingerprint density at radius 3 is 2.72 bits per heavy atom. The number of nitrogens with two attached hydrogens (primary N) is 1. The zero-order chi connectivity index (χ0) is 13.0. The molecule has 2 aromatic carbocycles. The highest BCUT2D eigenvalue weighted by molar-refractivity contribution is 9.10. The molecule has 0 radical (unpaired) electrons. The van der Waals surface area contributed by atoms with Crippen molar-refractivity contribution in [1.29, 1.82) is 0 Å². The van der Waals surface area contributed by atoms with Gasteiger partial charge in [0.1, 0.15) is 0 Å². The van der Waals surface area contributed by atoms with E-state index >= 15 is 0 Å². The van der Waals surface area contributed by atoms with Gasteiger partial charge in [-0.05, 0) is 49.7 Å².